The van der Waals surface area contributed by atoms with E-state index in [9.17, 15) is 10.1 Å². The van der Waals surface area contributed by atoms with Crippen molar-refractivity contribution >= 4 is 34.0 Å². The van der Waals surface area contributed by atoms with E-state index in [2.05, 4.69) is 34.6 Å². The van der Waals surface area contributed by atoms with Gasteiger partial charge in [-0.3, -0.25) is 4.79 Å². The first kappa shape index (κ1) is 24.3. The van der Waals surface area contributed by atoms with Crippen LogP contribution in [0.1, 0.15) is 53.2 Å². The van der Waals surface area contributed by atoms with Crippen LogP contribution < -0.4 is 10.1 Å². The van der Waals surface area contributed by atoms with Gasteiger partial charge in [0.2, 0.25) is 5.91 Å². The molecule has 4 rings (SSSR count). The summed E-state index contributed by atoms with van der Waals surface area (Å²) in [5.74, 6) is 2.22. The van der Waals surface area contributed by atoms with E-state index in [1.165, 1.54) is 16.6 Å². The number of nitriles is 1. The average molecular weight is 496 g/mol. The second kappa shape index (κ2) is 10.6. The van der Waals surface area contributed by atoms with E-state index >= 15 is 0 Å². The summed E-state index contributed by atoms with van der Waals surface area (Å²) in [7, 11) is 0. The molecule has 0 spiro atoms. The Morgan fingerprint density at radius 1 is 1.38 bits per heavy atom. The Morgan fingerprint density at radius 3 is 2.97 bits per heavy atom. The summed E-state index contributed by atoms with van der Waals surface area (Å²) in [5, 5.41) is 22.5. The molecule has 178 valence electrons. The SMILES string of the molecule is CCn1c(COc2cc(C)ccc2C)nnc1SCC(=O)Nc1sc2c(c1C#N)CCC(C)C2. The number of hydrogen-bond acceptors (Lipinski definition) is 7. The van der Waals surface area contributed by atoms with E-state index in [0.717, 1.165) is 47.5 Å². The molecular formula is C25H29N5O2S2. The maximum Gasteiger partial charge on any atom is 0.235 e. The van der Waals surface area contributed by atoms with Crippen LogP contribution in [0.2, 0.25) is 0 Å². The third-order valence-corrected chi connectivity index (χ3v) is 8.16. The quantitative estimate of drug-likeness (QED) is 0.427. The number of aromatic nitrogens is 3. The first-order valence-corrected chi connectivity index (χ1v) is 13.3. The number of carbonyl (C=O) groups excluding carboxylic acids is 1. The molecule has 0 saturated heterocycles. The number of nitrogens with zero attached hydrogens (tertiary/aromatic N) is 4. The molecule has 9 heteroatoms. The van der Waals surface area contributed by atoms with Crippen LogP contribution in [0.15, 0.2) is 23.4 Å². The molecule has 1 atom stereocenters. The van der Waals surface area contributed by atoms with Gasteiger partial charge >= 0.3 is 0 Å². The zero-order valence-corrected chi connectivity index (χ0v) is 21.6. The normalized spacial score (nSPS) is 15.0. The molecule has 3 aromatic rings. The van der Waals surface area contributed by atoms with E-state index in [4.69, 9.17) is 4.74 Å². The lowest BCUT2D eigenvalue weighted by molar-refractivity contribution is -0.113. The zero-order chi connectivity index (χ0) is 24.2. The first-order valence-electron chi connectivity index (χ1n) is 11.5. The summed E-state index contributed by atoms with van der Waals surface area (Å²) in [6, 6.07) is 8.41. The fourth-order valence-electron chi connectivity index (χ4n) is 4.11. The predicted molar refractivity (Wildman–Crippen MR) is 136 cm³/mol. The highest BCUT2D eigenvalue weighted by atomic mass is 32.2. The maximum absolute atomic E-state index is 12.7. The number of rotatable bonds is 8. The van der Waals surface area contributed by atoms with Crippen LogP contribution in [-0.4, -0.2) is 26.4 Å². The molecule has 1 aliphatic rings. The third-order valence-electron chi connectivity index (χ3n) is 6.02. The highest BCUT2D eigenvalue weighted by molar-refractivity contribution is 7.99. The van der Waals surface area contributed by atoms with Crippen LogP contribution >= 0.6 is 23.1 Å². The second-order valence-electron chi connectivity index (χ2n) is 8.71. The molecule has 0 saturated carbocycles. The highest BCUT2D eigenvalue weighted by Gasteiger charge is 2.25. The van der Waals surface area contributed by atoms with Crippen LogP contribution in [0.25, 0.3) is 0 Å². The number of thioether (sulfide) groups is 1. The van der Waals surface area contributed by atoms with Gasteiger partial charge in [-0.25, -0.2) is 0 Å². The predicted octanol–water partition coefficient (Wildman–Crippen LogP) is 5.28. The third kappa shape index (κ3) is 5.29. The van der Waals surface area contributed by atoms with Gasteiger partial charge in [-0.2, -0.15) is 5.26 Å². The number of amides is 1. The summed E-state index contributed by atoms with van der Waals surface area (Å²) >= 11 is 2.88. The second-order valence-corrected chi connectivity index (χ2v) is 10.8. The number of fused-ring (bicyclic) bond motifs is 1. The molecular weight excluding hydrogens is 466 g/mol. The molecule has 1 aliphatic carbocycles. The van der Waals surface area contributed by atoms with Gasteiger partial charge in [-0.15, -0.1) is 21.5 Å². The van der Waals surface area contributed by atoms with E-state index in [-0.39, 0.29) is 11.7 Å². The summed E-state index contributed by atoms with van der Waals surface area (Å²) in [6.45, 7) is 9.28. The molecule has 2 heterocycles. The summed E-state index contributed by atoms with van der Waals surface area (Å²) in [5.41, 5.74) is 3.96. The van der Waals surface area contributed by atoms with Gasteiger partial charge in [-0.1, -0.05) is 30.8 Å². The van der Waals surface area contributed by atoms with Crippen molar-refractivity contribution in [3.63, 3.8) is 0 Å². The van der Waals surface area contributed by atoms with Crippen molar-refractivity contribution in [3.05, 3.63) is 51.2 Å². The number of thiophene rings is 1. The lowest BCUT2D eigenvalue weighted by Gasteiger charge is -2.17. The van der Waals surface area contributed by atoms with Crippen molar-refractivity contribution in [3.8, 4) is 11.8 Å². The molecule has 0 aliphatic heterocycles. The van der Waals surface area contributed by atoms with E-state index in [1.54, 1.807) is 11.3 Å². The Kier molecular flexibility index (Phi) is 7.59. The summed E-state index contributed by atoms with van der Waals surface area (Å²) < 4.78 is 7.96. The Bertz CT molecular complexity index is 1240. The van der Waals surface area contributed by atoms with E-state index < -0.39 is 0 Å². The Hall–Kier alpha value is -2.83. The minimum atomic E-state index is -0.146. The van der Waals surface area contributed by atoms with Gasteiger partial charge in [-0.05, 0) is 68.7 Å². The molecule has 0 fully saturated rings. The van der Waals surface area contributed by atoms with E-state index in [0.29, 0.717) is 34.8 Å². The summed E-state index contributed by atoms with van der Waals surface area (Å²) in [6.07, 6.45) is 2.97. The number of anilines is 1. The number of nitrogens with one attached hydrogen (secondary N) is 1. The Balaban J connectivity index is 1.38. The fourth-order valence-corrected chi connectivity index (χ4v) is 6.30. The number of carbonyl (C=O) groups is 1. The van der Waals surface area contributed by atoms with Crippen LogP contribution in [0.5, 0.6) is 5.75 Å². The summed E-state index contributed by atoms with van der Waals surface area (Å²) in [4.78, 5) is 13.9. The van der Waals surface area contributed by atoms with Crippen molar-refractivity contribution in [2.75, 3.05) is 11.1 Å². The number of aryl methyl sites for hydroxylation is 2. The minimum absolute atomic E-state index is 0.146. The smallest absolute Gasteiger partial charge is 0.235 e. The topological polar surface area (TPSA) is 92.8 Å². The average Bonchev–Trinajstić information content (AvgIpc) is 3.37. The van der Waals surface area contributed by atoms with Crippen molar-refractivity contribution in [2.45, 2.75) is 65.3 Å². The van der Waals surface area contributed by atoms with Gasteiger partial charge in [0.1, 0.15) is 23.4 Å². The van der Waals surface area contributed by atoms with Gasteiger partial charge in [0.15, 0.2) is 11.0 Å². The molecule has 1 N–H and O–H groups in total. The molecule has 0 radical (unpaired) electrons. The van der Waals surface area contributed by atoms with Crippen molar-refractivity contribution in [1.29, 1.82) is 5.26 Å². The molecule has 0 bridgehead atoms. The standard InChI is InChI=1S/C25H29N5O2S2/c1-5-30-22(13-32-20-10-15(2)6-8-17(20)4)28-29-25(30)33-14-23(31)27-24-19(12-26)18-9-7-16(3)11-21(18)34-24/h6,8,10,16H,5,7,9,11,13-14H2,1-4H3,(H,27,31). The molecule has 1 unspecified atom stereocenters. The lowest BCUT2D eigenvalue weighted by Crippen LogP contribution is -2.15. The first-order chi connectivity index (χ1) is 16.4. The Labute approximate surface area is 208 Å². The largest absolute Gasteiger partial charge is 0.485 e. The van der Waals surface area contributed by atoms with Gasteiger partial charge in [0.05, 0.1) is 11.3 Å². The number of hydrogen-bond donors (Lipinski definition) is 1. The van der Waals surface area contributed by atoms with Crippen molar-refractivity contribution < 1.29 is 9.53 Å². The molecule has 2 aromatic heterocycles. The molecule has 7 nitrogen and oxygen atoms in total. The van der Waals surface area contributed by atoms with Crippen molar-refractivity contribution in [1.82, 2.24) is 14.8 Å². The van der Waals surface area contributed by atoms with Crippen LogP contribution in [0.4, 0.5) is 5.00 Å². The van der Waals surface area contributed by atoms with Gasteiger partial charge in [0, 0.05) is 11.4 Å². The fraction of sp³-hybridized carbons (Fsp3) is 0.440. The number of benzene rings is 1. The van der Waals surface area contributed by atoms with Crippen molar-refractivity contribution in [2.24, 2.45) is 5.92 Å². The van der Waals surface area contributed by atoms with Gasteiger partial charge in [0.25, 0.3) is 0 Å². The lowest BCUT2D eigenvalue weighted by atomic mass is 9.89. The van der Waals surface area contributed by atoms with Crippen LogP contribution in [-0.2, 0) is 30.8 Å². The molecule has 34 heavy (non-hydrogen) atoms. The molecule has 1 amide bonds. The highest BCUT2D eigenvalue weighted by Crippen LogP contribution is 2.39. The van der Waals surface area contributed by atoms with Gasteiger partial charge < -0.3 is 14.6 Å². The Morgan fingerprint density at radius 2 is 2.21 bits per heavy atom. The molecule has 1 aromatic carbocycles. The monoisotopic (exact) mass is 495 g/mol. The van der Waals surface area contributed by atoms with Crippen LogP contribution in [0, 0.1) is 31.1 Å². The maximum atomic E-state index is 12.7. The minimum Gasteiger partial charge on any atom is -0.485 e. The van der Waals surface area contributed by atoms with E-state index in [1.807, 2.05) is 37.5 Å². The van der Waals surface area contributed by atoms with Crippen LogP contribution in [0.3, 0.4) is 0 Å². The zero-order valence-electron chi connectivity index (χ0n) is 20.0. The number of ether oxygens (including phenoxy) is 1.